The number of rotatable bonds is 4. The van der Waals surface area contributed by atoms with Crippen molar-refractivity contribution < 1.29 is 17.6 Å². The first kappa shape index (κ1) is 15.6. The Labute approximate surface area is 132 Å². The predicted octanol–water partition coefficient (Wildman–Crippen LogP) is 0.806. The SMILES string of the molecule is O=C(CNS(=O)(=O)c1ccccc1F)N1CCCc2[nH]ncc21. The molecule has 0 saturated carbocycles. The fraction of sp³-hybridized carbons (Fsp3) is 0.286. The van der Waals surface area contributed by atoms with Crippen molar-refractivity contribution in [1.82, 2.24) is 14.9 Å². The first-order chi connectivity index (χ1) is 11.0. The average molecular weight is 338 g/mol. The Bertz CT molecular complexity index is 834. The smallest absolute Gasteiger partial charge is 0.243 e. The van der Waals surface area contributed by atoms with Crippen molar-refractivity contribution in [1.29, 1.82) is 0 Å². The third-order valence-corrected chi connectivity index (χ3v) is 5.07. The van der Waals surface area contributed by atoms with Crippen molar-refractivity contribution in [3.05, 3.63) is 42.0 Å². The Morgan fingerprint density at radius 2 is 2.17 bits per heavy atom. The average Bonchev–Trinajstić information content (AvgIpc) is 3.01. The number of halogens is 1. The van der Waals surface area contributed by atoms with E-state index in [4.69, 9.17) is 0 Å². The van der Waals surface area contributed by atoms with Crippen molar-refractivity contribution in [2.45, 2.75) is 17.7 Å². The Morgan fingerprint density at radius 3 is 2.96 bits per heavy atom. The van der Waals surface area contributed by atoms with E-state index < -0.39 is 33.2 Å². The van der Waals surface area contributed by atoms with Gasteiger partial charge in [0.1, 0.15) is 10.7 Å². The number of anilines is 1. The van der Waals surface area contributed by atoms with Crippen LogP contribution >= 0.6 is 0 Å². The highest BCUT2D eigenvalue weighted by atomic mass is 32.2. The second kappa shape index (κ2) is 6.09. The molecule has 0 aliphatic carbocycles. The molecule has 0 radical (unpaired) electrons. The Morgan fingerprint density at radius 1 is 1.39 bits per heavy atom. The van der Waals surface area contributed by atoms with Gasteiger partial charge in [-0.1, -0.05) is 12.1 Å². The van der Waals surface area contributed by atoms with E-state index in [2.05, 4.69) is 14.9 Å². The molecular weight excluding hydrogens is 323 g/mol. The number of fused-ring (bicyclic) bond motifs is 1. The van der Waals surface area contributed by atoms with Crippen LogP contribution in [0, 0.1) is 5.82 Å². The number of hydrogen-bond acceptors (Lipinski definition) is 4. The van der Waals surface area contributed by atoms with Crippen LogP contribution in [0.25, 0.3) is 0 Å². The van der Waals surface area contributed by atoms with Crippen LogP contribution in [0.5, 0.6) is 0 Å². The molecule has 0 saturated heterocycles. The van der Waals surface area contributed by atoms with Crippen molar-refractivity contribution in [2.75, 3.05) is 18.0 Å². The van der Waals surface area contributed by atoms with Crippen molar-refractivity contribution in [2.24, 2.45) is 0 Å². The molecule has 2 aromatic rings. The van der Waals surface area contributed by atoms with Gasteiger partial charge in [-0.3, -0.25) is 9.89 Å². The Hall–Kier alpha value is -2.26. The molecule has 122 valence electrons. The molecule has 0 spiro atoms. The van der Waals surface area contributed by atoms with Gasteiger partial charge in [0.2, 0.25) is 15.9 Å². The van der Waals surface area contributed by atoms with Crippen LogP contribution in [0.2, 0.25) is 0 Å². The van der Waals surface area contributed by atoms with Gasteiger partial charge in [-0.2, -0.15) is 5.10 Å². The number of nitrogens with zero attached hydrogens (tertiary/aromatic N) is 2. The summed E-state index contributed by atoms with van der Waals surface area (Å²) in [6.07, 6.45) is 3.10. The minimum absolute atomic E-state index is 0.410. The summed E-state index contributed by atoms with van der Waals surface area (Å²) in [4.78, 5) is 13.3. The van der Waals surface area contributed by atoms with E-state index in [1.807, 2.05) is 0 Å². The van der Waals surface area contributed by atoms with E-state index in [1.54, 1.807) is 0 Å². The number of aromatic amines is 1. The third kappa shape index (κ3) is 3.10. The van der Waals surface area contributed by atoms with E-state index >= 15 is 0 Å². The number of H-pyrrole nitrogens is 1. The van der Waals surface area contributed by atoms with E-state index in [-0.39, 0.29) is 0 Å². The zero-order valence-electron chi connectivity index (χ0n) is 12.1. The summed E-state index contributed by atoms with van der Waals surface area (Å²) < 4.78 is 39.9. The monoisotopic (exact) mass is 338 g/mol. The van der Waals surface area contributed by atoms with E-state index in [0.29, 0.717) is 12.2 Å². The van der Waals surface area contributed by atoms with Crippen molar-refractivity contribution >= 4 is 21.6 Å². The molecule has 2 heterocycles. The number of carbonyl (C=O) groups excluding carboxylic acids is 1. The lowest BCUT2D eigenvalue weighted by atomic mass is 10.1. The Kier molecular flexibility index (Phi) is 4.14. The number of sulfonamides is 1. The molecule has 0 unspecified atom stereocenters. The second-order valence-electron chi connectivity index (χ2n) is 5.14. The van der Waals surface area contributed by atoms with Gasteiger partial charge < -0.3 is 4.90 Å². The molecule has 9 heteroatoms. The second-order valence-corrected chi connectivity index (χ2v) is 6.87. The molecule has 0 bridgehead atoms. The number of carbonyl (C=O) groups is 1. The first-order valence-electron chi connectivity index (χ1n) is 7.06. The van der Waals surface area contributed by atoms with E-state index in [1.165, 1.54) is 23.2 Å². The van der Waals surface area contributed by atoms with Crippen LogP contribution < -0.4 is 9.62 Å². The summed E-state index contributed by atoms with van der Waals surface area (Å²) in [6.45, 7) is 0.0497. The summed E-state index contributed by atoms with van der Waals surface area (Å²) >= 11 is 0. The molecule has 7 nitrogen and oxygen atoms in total. The largest absolute Gasteiger partial charge is 0.308 e. The summed E-state index contributed by atoms with van der Waals surface area (Å²) in [6, 6.07) is 5.02. The summed E-state index contributed by atoms with van der Waals surface area (Å²) in [5, 5.41) is 6.71. The quantitative estimate of drug-likeness (QED) is 0.862. The van der Waals surface area contributed by atoms with Gasteiger partial charge in [0.25, 0.3) is 0 Å². The number of benzene rings is 1. The molecule has 1 aromatic heterocycles. The number of amides is 1. The van der Waals surface area contributed by atoms with E-state index in [9.17, 15) is 17.6 Å². The minimum Gasteiger partial charge on any atom is -0.308 e. The normalized spacial score (nSPS) is 14.6. The van der Waals surface area contributed by atoms with Crippen LogP contribution in [0.15, 0.2) is 35.4 Å². The van der Waals surface area contributed by atoms with Gasteiger partial charge in [0, 0.05) is 6.54 Å². The molecule has 0 atom stereocenters. The van der Waals surface area contributed by atoms with Gasteiger partial charge in [0.15, 0.2) is 0 Å². The highest BCUT2D eigenvalue weighted by Gasteiger charge is 2.26. The molecule has 1 aliphatic heterocycles. The maximum atomic E-state index is 13.6. The third-order valence-electron chi connectivity index (χ3n) is 3.64. The zero-order valence-corrected chi connectivity index (χ0v) is 12.9. The maximum absolute atomic E-state index is 13.6. The summed E-state index contributed by atoms with van der Waals surface area (Å²) in [7, 11) is -4.08. The van der Waals surface area contributed by atoms with Crippen molar-refractivity contribution in [3.63, 3.8) is 0 Å². The minimum atomic E-state index is -4.08. The number of nitrogens with one attached hydrogen (secondary N) is 2. The number of aryl methyl sites for hydroxylation is 1. The molecule has 23 heavy (non-hydrogen) atoms. The molecule has 2 N–H and O–H groups in total. The number of aromatic nitrogens is 2. The topological polar surface area (TPSA) is 95.2 Å². The highest BCUT2D eigenvalue weighted by molar-refractivity contribution is 7.89. The maximum Gasteiger partial charge on any atom is 0.243 e. The van der Waals surface area contributed by atoms with Crippen LogP contribution in [-0.2, 0) is 21.2 Å². The molecule has 1 aromatic carbocycles. The predicted molar refractivity (Wildman–Crippen MR) is 80.9 cm³/mol. The molecule has 1 aliphatic rings. The lowest BCUT2D eigenvalue weighted by molar-refractivity contribution is -0.117. The molecular formula is C14H15FN4O3S. The molecule has 0 fully saturated rings. The standard InChI is InChI=1S/C14H15FN4O3S/c15-10-4-1-2-6-13(10)23(21,22)17-9-14(20)19-7-3-5-11-12(19)8-16-18-11/h1-2,4,6,8,17H,3,5,7,9H2,(H,16,18). The van der Waals surface area contributed by atoms with Gasteiger partial charge in [-0.05, 0) is 25.0 Å². The van der Waals surface area contributed by atoms with Gasteiger partial charge >= 0.3 is 0 Å². The number of hydrogen-bond donors (Lipinski definition) is 2. The fourth-order valence-corrected chi connectivity index (χ4v) is 3.56. The van der Waals surface area contributed by atoms with Crippen LogP contribution in [0.1, 0.15) is 12.1 Å². The first-order valence-corrected chi connectivity index (χ1v) is 8.54. The molecule has 1 amide bonds. The van der Waals surface area contributed by atoms with Crippen molar-refractivity contribution in [3.8, 4) is 0 Å². The van der Waals surface area contributed by atoms with Crippen LogP contribution in [-0.4, -0.2) is 37.6 Å². The summed E-state index contributed by atoms with van der Waals surface area (Å²) in [5.74, 6) is -1.27. The van der Waals surface area contributed by atoms with Gasteiger partial charge in [-0.25, -0.2) is 17.5 Å². The lowest BCUT2D eigenvalue weighted by Crippen LogP contribution is -2.42. The summed E-state index contributed by atoms with van der Waals surface area (Å²) in [5.41, 5.74) is 1.51. The molecule has 3 rings (SSSR count). The van der Waals surface area contributed by atoms with Gasteiger partial charge in [-0.15, -0.1) is 0 Å². The highest BCUT2D eigenvalue weighted by Crippen LogP contribution is 2.24. The van der Waals surface area contributed by atoms with Crippen LogP contribution in [0.4, 0.5) is 10.1 Å². The zero-order chi connectivity index (χ0) is 16.4. The van der Waals surface area contributed by atoms with Gasteiger partial charge in [0.05, 0.1) is 24.1 Å². The Balaban J connectivity index is 1.72. The fourth-order valence-electron chi connectivity index (χ4n) is 2.51. The lowest BCUT2D eigenvalue weighted by Gasteiger charge is -2.26. The van der Waals surface area contributed by atoms with E-state index in [0.717, 1.165) is 30.7 Å². The van der Waals surface area contributed by atoms with Crippen LogP contribution in [0.3, 0.4) is 0 Å².